The lowest BCUT2D eigenvalue weighted by Gasteiger charge is -2.32. The summed E-state index contributed by atoms with van der Waals surface area (Å²) in [5.41, 5.74) is 2.15. The van der Waals surface area contributed by atoms with Gasteiger partial charge in [-0.25, -0.2) is 9.97 Å². The molecule has 0 N–H and O–H groups in total. The lowest BCUT2D eigenvalue weighted by Crippen LogP contribution is -2.38. The molecule has 1 aromatic carbocycles. The molecule has 1 fully saturated rings. The van der Waals surface area contributed by atoms with E-state index in [1.807, 2.05) is 39.9 Å². The number of aromatic nitrogens is 4. The van der Waals surface area contributed by atoms with E-state index >= 15 is 0 Å². The van der Waals surface area contributed by atoms with Gasteiger partial charge in [0, 0.05) is 56.6 Å². The van der Waals surface area contributed by atoms with Crippen molar-refractivity contribution < 1.29 is 9.53 Å². The summed E-state index contributed by atoms with van der Waals surface area (Å²) in [6, 6.07) is 7.92. The number of aryl methyl sites for hydroxylation is 2. The Hall–Kier alpha value is -3.22. The Kier molecular flexibility index (Phi) is 6.60. The van der Waals surface area contributed by atoms with Gasteiger partial charge in [0.25, 0.3) is 0 Å². The van der Waals surface area contributed by atoms with Crippen molar-refractivity contribution in [1.29, 1.82) is 0 Å². The summed E-state index contributed by atoms with van der Waals surface area (Å²) in [7, 11) is 1.66. The molecule has 7 heteroatoms. The Morgan fingerprint density at radius 2 is 1.81 bits per heavy atom. The molecule has 1 saturated heterocycles. The van der Waals surface area contributed by atoms with Crippen LogP contribution in [-0.2, 0) is 17.6 Å². The number of benzene rings is 1. The van der Waals surface area contributed by atoms with Crippen LogP contribution in [0.3, 0.4) is 0 Å². The molecule has 2 aromatic heterocycles. The zero-order valence-electron chi connectivity index (χ0n) is 18.2. The first-order valence-corrected chi connectivity index (χ1v) is 10.9. The highest BCUT2D eigenvalue weighted by Crippen LogP contribution is 2.30. The molecule has 1 amide bonds. The quantitative estimate of drug-likeness (QED) is 0.585. The van der Waals surface area contributed by atoms with Crippen LogP contribution in [-0.4, -0.2) is 50.5 Å². The number of piperidine rings is 1. The third-order valence-electron chi connectivity index (χ3n) is 5.99. The Labute approximate surface area is 183 Å². The smallest absolute Gasteiger partial charge is 0.222 e. The third-order valence-corrected chi connectivity index (χ3v) is 5.99. The van der Waals surface area contributed by atoms with Crippen LogP contribution < -0.4 is 4.74 Å². The molecule has 0 spiro atoms. The van der Waals surface area contributed by atoms with Crippen molar-refractivity contribution in [3.63, 3.8) is 0 Å². The van der Waals surface area contributed by atoms with Gasteiger partial charge in [-0.1, -0.05) is 19.1 Å². The van der Waals surface area contributed by atoms with Crippen LogP contribution in [0.1, 0.15) is 49.2 Å². The SMILES string of the molecule is CCc1nccn1-c1nccnc1C1CCN(C(=O)CCc2ccc(OC)cc2)CC1. The van der Waals surface area contributed by atoms with Crippen molar-refractivity contribution in [2.24, 2.45) is 0 Å². The first-order valence-electron chi connectivity index (χ1n) is 10.9. The summed E-state index contributed by atoms with van der Waals surface area (Å²) in [4.78, 5) is 28.4. The molecule has 3 aromatic rings. The van der Waals surface area contributed by atoms with E-state index in [0.717, 1.165) is 67.4 Å². The van der Waals surface area contributed by atoms with E-state index in [2.05, 4.69) is 21.9 Å². The fourth-order valence-corrected chi connectivity index (χ4v) is 4.21. The Morgan fingerprint density at radius 1 is 1.06 bits per heavy atom. The van der Waals surface area contributed by atoms with Gasteiger partial charge in [-0.05, 0) is 37.0 Å². The summed E-state index contributed by atoms with van der Waals surface area (Å²) in [6.45, 7) is 3.60. The molecule has 4 rings (SSSR count). The van der Waals surface area contributed by atoms with Crippen molar-refractivity contribution in [3.05, 3.63) is 66.1 Å². The van der Waals surface area contributed by atoms with Crippen LogP contribution >= 0.6 is 0 Å². The molecule has 0 aliphatic carbocycles. The Bertz CT molecular complexity index is 1010. The minimum Gasteiger partial charge on any atom is -0.497 e. The summed E-state index contributed by atoms with van der Waals surface area (Å²) >= 11 is 0. The summed E-state index contributed by atoms with van der Waals surface area (Å²) in [6.07, 6.45) is 11.2. The molecule has 0 saturated carbocycles. The highest BCUT2D eigenvalue weighted by atomic mass is 16.5. The van der Waals surface area contributed by atoms with Crippen LogP contribution in [0.2, 0.25) is 0 Å². The maximum atomic E-state index is 12.7. The summed E-state index contributed by atoms with van der Waals surface area (Å²) in [5.74, 6) is 3.19. The molecule has 162 valence electrons. The molecular formula is C24H29N5O2. The van der Waals surface area contributed by atoms with Gasteiger partial charge in [-0.15, -0.1) is 0 Å². The Balaban J connectivity index is 1.36. The number of carbonyl (C=O) groups is 1. The number of hydrogen-bond acceptors (Lipinski definition) is 5. The maximum Gasteiger partial charge on any atom is 0.222 e. The van der Waals surface area contributed by atoms with Crippen LogP contribution in [0.25, 0.3) is 5.82 Å². The number of ether oxygens (including phenoxy) is 1. The van der Waals surface area contributed by atoms with Gasteiger partial charge in [-0.2, -0.15) is 0 Å². The number of hydrogen-bond donors (Lipinski definition) is 0. The zero-order valence-corrected chi connectivity index (χ0v) is 18.2. The van der Waals surface area contributed by atoms with E-state index in [1.165, 1.54) is 0 Å². The summed E-state index contributed by atoms with van der Waals surface area (Å²) < 4.78 is 7.23. The van der Waals surface area contributed by atoms with Gasteiger partial charge in [0.05, 0.1) is 12.8 Å². The minimum atomic E-state index is 0.219. The predicted octanol–water partition coefficient (Wildman–Crippen LogP) is 3.57. The minimum absolute atomic E-state index is 0.219. The highest BCUT2D eigenvalue weighted by Gasteiger charge is 2.27. The van der Waals surface area contributed by atoms with Crippen molar-refractivity contribution in [2.75, 3.05) is 20.2 Å². The lowest BCUT2D eigenvalue weighted by atomic mass is 9.92. The van der Waals surface area contributed by atoms with E-state index in [9.17, 15) is 4.79 Å². The fraction of sp³-hybridized carbons (Fsp3) is 0.417. The van der Waals surface area contributed by atoms with Gasteiger partial charge in [0.1, 0.15) is 11.6 Å². The van der Waals surface area contributed by atoms with Crippen LogP contribution in [0.15, 0.2) is 49.1 Å². The summed E-state index contributed by atoms with van der Waals surface area (Å²) in [5, 5.41) is 0. The molecule has 3 heterocycles. The lowest BCUT2D eigenvalue weighted by molar-refractivity contribution is -0.132. The standard InChI is InChI=1S/C24H29N5O2/c1-3-21-25-14-17-29(21)24-23(26-12-13-27-24)19-10-15-28(16-11-19)22(30)9-6-18-4-7-20(31-2)8-5-18/h4-5,7-8,12-14,17,19H,3,6,9-11,15-16H2,1-2H3. The number of likely N-dealkylation sites (tertiary alicyclic amines) is 1. The largest absolute Gasteiger partial charge is 0.497 e. The number of carbonyl (C=O) groups excluding carboxylic acids is 1. The second-order valence-electron chi connectivity index (χ2n) is 7.84. The van der Waals surface area contributed by atoms with Crippen LogP contribution in [0, 0.1) is 0 Å². The normalized spacial score (nSPS) is 14.6. The predicted molar refractivity (Wildman–Crippen MR) is 118 cm³/mol. The number of nitrogens with zero attached hydrogens (tertiary/aromatic N) is 5. The van der Waals surface area contributed by atoms with E-state index in [0.29, 0.717) is 12.3 Å². The molecule has 31 heavy (non-hydrogen) atoms. The van der Waals surface area contributed by atoms with E-state index in [1.54, 1.807) is 25.7 Å². The van der Waals surface area contributed by atoms with Crippen LogP contribution in [0.4, 0.5) is 0 Å². The van der Waals surface area contributed by atoms with Crippen molar-refractivity contribution in [3.8, 4) is 11.6 Å². The zero-order chi connectivity index (χ0) is 21.6. The molecule has 0 atom stereocenters. The van der Waals surface area contributed by atoms with Gasteiger partial charge in [0.15, 0.2) is 5.82 Å². The number of amides is 1. The van der Waals surface area contributed by atoms with Gasteiger partial charge < -0.3 is 9.64 Å². The first kappa shape index (κ1) is 21.0. The van der Waals surface area contributed by atoms with E-state index < -0.39 is 0 Å². The number of methoxy groups -OCH3 is 1. The second kappa shape index (κ2) is 9.73. The highest BCUT2D eigenvalue weighted by molar-refractivity contribution is 5.76. The average molecular weight is 420 g/mol. The molecule has 0 unspecified atom stereocenters. The average Bonchev–Trinajstić information content (AvgIpc) is 3.32. The van der Waals surface area contributed by atoms with Crippen LogP contribution in [0.5, 0.6) is 5.75 Å². The van der Waals surface area contributed by atoms with Crippen molar-refractivity contribution >= 4 is 5.91 Å². The van der Waals surface area contributed by atoms with Crippen molar-refractivity contribution in [1.82, 2.24) is 24.4 Å². The first-order chi connectivity index (χ1) is 15.2. The molecule has 1 aliphatic heterocycles. The molecule has 0 bridgehead atoms. The topological polar surface area (TPSA) is 73.1 Å². The van der Waals surface area contributed by atoms with Gasteiger partial charge >= 0.3 is 0 Å². The van der Waals surface area contributed by atoms with E-state index in [-0.39, 0.29) is 5.91 Å². The molecular weight excluding hydrogens is 390 g/mol. The second-order valence-corrected chi connectivity index (χ2v) is 7.84. The third kappa shape index (κ3) is 4.76. The molecule has 7 nitrogen and oxygen atoms in total. The van der Waals surface area contributed by atoms with Gasteiger partial charge in [0.2, 0.25) is 5.91 Å². The number of imidazole rings is 1. The van der Waals surface area contributed by atoms with Gasteiger partial charge in [-0.3, -0.25) is 14.3 Å². The monoisotopic (exact) mass is 419 g/mol. The molecule has 0 radical (unpaired) electrons. The maximum absolute atomic E-state index is 12.7. The fourth-order valence-electron chi connectivity index (χ4n) is 4.21. The Morgan fingerprint density at radius 3 is 2.52 bits per heavy atom. The van der Waals surface area contributed by atoms with Crippen molar-refractivity contribution in [2.45, 2.75) is 44.9 Å². The number of rotatable bonds is 7. The van der Waals surface area contributed by atoms with E-state index in [4.69, 9.17) is 4.74 Å². The molecule has 1 aliphatic rings.